The van der Waals surface area contributed by atoms with Crippen LogP contribution in [0, 0.1) is 0 Å². The molecule has 1 fully saturated rings. The maximum absolute atomic E-state index is 13.1. The van der Waals surface area contributed by atoms with E-state index in [2.05, 4.69) is 30.3 Å². The van der Waals surface area contributed by atoms with Gasteiger partial charge in [-0.2, -0.15) is 41.3 Å². The van der Waals surface area contributed by atoms with Gasteiger partial charge in [0, 0.05) is 30.9 Å². The van der Waals surface area contributed by atoms with Gasteiger partial charge in [-0.15, -0.1) is 0 Å². The molecular formula is C30H26F6N6O2. The summed E-state index contributed by atoms with van der Waals surface area (Å²) in [5, 5.41) is 5.44. The fourth-order valence-electron chi connectivity index (χ4n) is 4.51. The van der Waals surface area contributed by atoms with Crippen LogP contribution in [0.25, 0.3) is 11.1 Å². The topological polar surface area (TPSA) is 92.3 Å². The van der Waals surface area contributed by atoms with Crippen LogP contribution in [0.15, 0.2) is 72.8 Å². The molecule has 4 aromatic rings. The zero-order valence-electron chi connectivity index (χ0n) is 23.0. The summed E-state index contributed by atoms with van der Waals surface area (Å²) >= 11 is 0. The summed E-state index contributed by atoms with van der Waals surface area (Å²) in [5.41, 5.74) is 2.26. The molecule has 44 heavy (non-hydrogen) atoms. The van der Waals surface area contributed by atoms with Gasteiger partial charge in [-0.05, 0) is 59.9 Å². The van der Waals surface area contributed by atoms with Crippen molar-refractivity contribution in [3.8, 4) is 17.1 Å². The van der Waals surface area contributed by atoms with E-state index < -0.39 is 30.5 Å². The van der Waals surface area contributed by atoms with Crippen LogP contribution < -0.4 is 15.4 Å². The fourth-order valence-corrected chi connectivity index (χ4v) is 4.51. The van der Waals surface area contributed by atoms with E-state index in [0.29, 0.717) is 5.56 Å². The first-order chi connectivity index (χ1) is 20.9. The Morgan fingerprint density at radius 2 is 1.45 bits per heavy atom. The van der Waals surface area contributed by atoms with E-state index in [1.165, 1.54) is 12.1 Å². The average Bonchev–Trinajstić information content (AvgIpc) is 3.54. The molecule has 1 aromatic heterocycles. The normalized spacial score (nSPS) is 13.5. The number of hydrogen-bond donors (Lipinski definition) is 2. The molecule has 2 heterocycles. The number of rotatable bonds is 9. The number of likely N-dealkylation sites (tertiary alicyclic amines) is 1. The van der Waals surface area contributed by atoms with Crippen molar-refractivity contribution in [3.63, 3.8) is 0 Å². The van der Waals surface area contributed by atoms with Crippen molar-refractivity contribution in [3.05, 3.63) is 89.5 Å². The summed E-state index contributed by atoms with van der Waals surface area (Å²) in [6, 6.07) is 18.3. The SMILES string of the molecule is O=C(c1ccc(-c2ccc(CNc3nc(Nc4cccc(C(F)(F)F)c4)nc(OCC(F)(F)F)n3)cc2)cc1)N1CCCC1. The number of carbonyl (C=O) groups excluding carboxylic acids is 1. The summed E-state index contributed by atoms with van der Waals surface area (Å²) in [6.45, 7) is 0.0376. The summed E-state index contributed by atoms with van der Waals surface area (Å²) in [5.74, 6) is -0.455. The van der Waals surface area contributed by atoms with E-state index in [4.69, 9.17) is 0 Å². The molecule has 5 rings (SSSR count). The van der Waals surface area contributed by atoms with Crippen molar-refractivity contribution >= 4 is 23.5 Å². The van der Waals surface area contributed by atoms with Gasteiger partial charge in [-0.1, -0.05) is 42.5 Å². The number of aromatic nitrogens is 3. The van der Waals surface area contributed by atoms with E-state index in [0.717, 1.165) is 54.8 Å². The molecule has 0 atom stereocenters. The van der Waals surface area contributed by atoms with Crippen LogP contribution in [-0.4, -0.2) is 51.6 Å². The van der Waals surface area contributed by atoms with Gasteiger partial charge in [-0.3, -0.25) is 4.79 Å². The maximum atomic E-state index is 13.1. The van der Waals surface area contributed by atoms with Crippen LogP contribution in [0.5, 0.6) is 6.01 Å². The standard InChI is InChI=1S/C30H26F6N6O2/c31-29(32,33)18-44-28-40-26(39-27(41-28)38-24-5-3-4-23(16-24)30(34,35)36)37-17-19-6-8-20(9-7-19)21-10-12-22(13-11-21)25(43)42-14-1-2-15-42/h3-13,16H,1-2,14-15,17-18H2,(H2,37,38,39,40,41). The predicted octanol–water partition coefficient (Wildman–Crippen LogP) is 7.09. The van der Waals surface area contributed by atoms with Gasteiger partial charge in [0.05, 0.1) is 5.56 Å². The quantitative estimate of drug-likeness (QED) is 0.194. The number of nitrogens with one attached hydrogen (secondary N) is 2. The molecule has 0 aliphatic carbocycles. The molecule has 0 saturated carbocycles. The number of amides is 1. The Kier molecular flexibility index (Phi) is 8.88. The third-order valence-corrected chi connectivity index (χ3v) is 6.69. The molecule has 3 aromatic carbocycles. The zero-order valence-corrected chi connectivity index (χ0v) is 23.0. The second-order valence-corrected chi connectivity index (χ2v) is 10.00. The zero-order chi connectivity index (χ0) is 31.3. The summed E-state index contributed by atoms with van der Waals surface area (Å²) in [4.78, 5) is 26.1. The molecule has 230 valence electrons. The lowest BCUT2D eigenvalue weighted by Crippen LogP contribution is -2.27. The van der Waals surface area contributed by atoms with E-state index in [-0.39, 0.29) is 30.0 Å². The number of ether oxygens (including phenoxy) is 1. The van der Waals surface area contributed by atoms with Crippen LogP contribution in [-0.2, 0) is 12.7 Å². The lowest BCUT2D eigenvalue weighted by atomic mass is 10.0. The van der Waals surface area contributed by atoms with Crippen LogP contribution in [0.2, 0.25) is 0 Å². The van der Waals surface area contributed by atoms with Crippen LogP contribution >= 0.6 is 0 Å². The highest BCUT2D eigenvalue weighted by atomic mass is 19.4. The largest absolute Gasteiger partial charge is 0.454 e. The molecule has 2 N–H and O–H groups in total. The molecule has 14 heteroatoms. The predicted molar refractivity (Wildman–Crippen MR) is 150 cm³/mol. The van der Waals surface area contributed by atoms with Crippen molar-refractivity contribution in [2.75, 3.05) is 30.3 Å². The Morgan fingerprint density at radius 3 is 2.09 bits per heavy atom. The lowest BCUT2D eigenvalue weighted by molar-refractivity contribution is -0.154. The highest BCUT2D eigenvalue weighted by Crippen LogP contribution is 2.31. The van der Waals surface area contributed by atoms with Gasteiger partial charge in [0.25, 0.3) is 5.91 Å². The van der Waals surface area contributed by atoms with E-state index >= 15 is 0 Å². The monoisotopic (exact) mass is 616 g/mol. The van der Waals surface area contributed by atoms with Gasteiger partial charge in [0.15, 0.2) is 6.61 Å². The Balaban J connectivity index is 1.27. The second kappa shape index (κ2) is 12.8. The molecule has 1 amide bonds. The van der Waals surface area contributed by atoms with E-state index in [1.807, 2.05) is 41.3 Å². The Labute approximate surface area is 248 Å². The number of benzene rings is 3. The van der Waals surface area contributed by atoms with Crippen molar-refractivity contribution < 1.29 is 35.9 Å². The minimum absolute atomic E-state index is 0.0222. The first-order valence-corrected chi connectivity index (χ1v) is 13.6. The number of hydrogen-bond acceptors (Lipinski definition) is 7. The highest BCUT2D eigenvalue weighted by molar-refractivity contribution is 5.94. The molecule has 1 saturated heterocycles. The van der Waals surface area contributed by atoms with Gasteiger partial charge in [0.1, 0.15) is 0 Å². The van der Waals surface area contributed by atoms with Crippen molar-refractivity contribution in [2.45, 2.75) is 31.7 Å². The van der Waals surface area contributed by atoms with Gasteiger partial charge < -0.3 is 20.3 Å². The van der Waals surface area contributed by atoms with Gasteiger partial charge in [-0.25, -0.2) is 0 Å². The second-order valence-electron chi connectivity index (χ2n) is 10.00. The Morgan fingerprint density at radius 1 is 0.818 bits per heavy atom. The van der Waals surface area contributed by atoms with E-state index in [9.17, 15) is 31.1 Å². The first kappa shape index (κ1) is 30.6. The molecule has 0 unspecified atom stereocenters. The van der Waals surface area contributed by atoms with Crippen LogP contribution in [0.4, 0.5) is 43.9 Å². The first-order valence-electron chi connectivity index (χ1n) is 13.6. The number of anilines is 3. The summed E-state index contributed by atoms with van der Waals surface area (Å²) in [6.07, 6.45) is -7.23. The molecular weight excluding hydrogens is 590 g/mol. The highest BCUT2D eigenvalue weighted by Gasteiger charge is 2.31. The summed E-state index contributed by atoms with van der Waals surface area (Å²) < 4.78 is 82.2. The van der Waals surface area contributed by atoms with Crippen LogP contribution in [0.3, 0.4) is 0 Å². The Hall–Kier alpha value is -4.88. The number of nitrogens with zero attached hydrogens (tertiary/aromatic N) is 4. The summed E-state index contributed by atoms with van der Waals surface area (Å²) in [7, 11) is 0. The number of alkyl halides is 6. The van der Waals surface area contributed by atoms with Crippen molar-refractivity contribution in [1.29, 1.82) is 0 Å². The third kappa shape index (κ3) is 8.14. The molecule has 1 aliphatic heterocycles. The fraction of sp³-hybridized carbons (Fsp3) is 0.267. The third-order valence-electron chi connectivity index (χ3n) is 6.69. The minimum Gasteiger partial charge on any atom is -0.454 e. The molecule has 0 radical (unpaired) electrons. The lowest BCUT2D eigenvalue weighted by Gasteiger charge is -2.15. The van der Waals surface area contributed by atoms with Gasteiger partial charge in [0.2, 0.25) is 11.9 Å². The maximum Gasteiger partial charge on any atom is 0.422 e. The van der Waals surface area contributed by atoms with Crippen molar-refractivity contribution in [1.82, 2.24) is 19.9 Å². The number of carbonyl (C=O) groups is 1. The van der Waals surface area contributed by atoms with E-state index in [1.54, 1.807) is 12.1 Å². The van der Waals surface area contributed by atoms with Crippen LogP contribution in [0.1, 0.15) is 34.3 Å². The van der Waals surface area contributed by atoms with Gasteiger partial charge >= 0.3 is 18.4 Å². The van der Waals surface area contributed by atoms with Crippen molar-refractivity contribution in [2.24, 2.45) is 0 Å². The number of halogens is 6. The smallest absolute Gasteiger partial charge is 0.422 e. The average molecular weight is 617 g/mol. The molecule has 0 spiro atoms. The molecule has 8 nitrogen and oxygen atoms in total. The molecule has 1 aliphatic rings. The molecule has 0 bridgehead atoms. The Bertz CT molecular complexity index is 1590. The minimum atomic E-state index is -4.67.